The molecule has 128 valence electrons. The Balaban J connectivity index is 1.36. The van der Waals surface area contributed by atoms with E-state index in [4.69, 9.17) is 0 Å². The molecule has 5 nitrogen and oxygen atoms in total. The van der Waals surface area contributed by atoms with Gasteiger partial charge in [-0.15, -0.1) is 0 Å². The van der Waals surface area contributed by atoms with Gasteiger partial charge in [0.15, 0.2) is 0 Å². The summed E-state index contributed by atoms with van der Waals surface area (Å²) in [6.45, 7) is 3.44. The van der Waals surface area contributed by atoms with Crippen molar-refractivity contribution in [1.82, 2.24) is 14.6 Å². The van der Waals surface area contributed by atoms with Gasteiger partial charge in [0.1, 0.15) is 0 Å². The lowest BCUT2D eigenvalue weighted by Crippen LogP contribution is -2.33. The van der Waals surface area contributed by atoms with Crippen LogP contribution in [0.3, 0.4) is 0 Å². The van der Waals surface area contributed by atoms with Crippen LogP contribution in [0.5, 0.6) is 0 Å². The summed E-state index contributed by atoms with van der Waals surface area (Å²) in [6.07, 6.45) is 4.56. The summed E-state index contributed by atoms with van der Waals surface area (Å²) in [7, 11) is -3.06. The van der Waals surface area contributed by atoms with Gasteiger partial charge in [0.2, 0.25) is 10.0 Å². The number of rotatable bonds is 6. The molecule has 0 spiro atoms. The smallest absolute Gasteiger partial charge is 0.214 e. The molecule has 1 N–H and O–H groups in total. The SMILES string of the molecule is O=S(=O)(NC[C@@H]1CCN(Cc2ccnc3ccccc23)C1)C1CC1. The van der Waals surface area contributed by atoms with Crippen LogP contribution in [0.1, 0.15) is 24.8 Å². The van der Waals surface area contributed by atoms with Gasteiger partial charge in [-0.3, -0.25) is 9.88 Å². The molecule has 0 bridgehead atoms. The van der Waals surface area contributed by atoms with Gasteiger partial charge >= 0.3 is 0 Å². The Morgan fingerprint density at radius 3 is 2.83 bits per heavy atom. The lowest BCUT2D eigenvalue weighted by Gasteiger charge is -2.17. The number of nitrogens with one attached hydrogen (secondary N) is 1. The lowest BCUT2D eigenvalue weighted by molar-refractivity contribution is 0.317. The normalized spacial score (nSPS) is 22.2. The van der Waals surface area contributed by atoms with Crippen molar-refractivity contribution in [1.29, 1.82) is 0 Å². The van der Waals surface area contributed by atoms with Crippen molar-refractivity contribution >= 4 is 20.9 Å². The maximum atomic E-state index is 11.9. The molecule has 2 aliphatic rings. The standard InChI is InChI=1S/C18H23N3O2S/c22-24(23,16-5-6-16)20-11-14-8-10-21(12-14)13-15-7-9-19-18-4-2-1-3-17(15)18/h1-4,7,9,14,16,20H,5-6,8,10-13H2/t14-/m0/s1. The minimum absolute atomic E-state index is 0.127. The van der Waals surface area contributed by atoms with Crippen molar-refractivity contribution in [2.24, 2.45) is 5.92 Å². The molecule has 2 fully saturated rings. The number of fused-ring (bicyclic) bond motifs is 1. The Morgan fingerprint density at radius 1 is 1.17 bits per heavy atom. The number of likely N-dealkylation sites (tertiary alicyclic amines) is 1. The van der Waals surface area contributed by atoms with E-state index < -0.39 is 10.0 Å². The first-order valence-electron chi connectivity index (χ1n) is 8.65. The van der Waals surface area contributed by atoms with Gasteiger partial charge in [-0.1, -0.05) is 18.2 Å². The average Bonchev–Trinajstić information content (AvgIpc) is 3.36. The average molecular weight is 345 g/mol. The summed E-state index contributed by atoms with van der Waals surface area (Å²) in [5.74, 6) is 0.409. The molecule has 1 saturated carbocycles. The predicted octanol–water partition coefficient (Wildman–Crippen LogP) is 2.14. The van der Waals surface area contributed by atoms with Gasteiger partial charge in [-0.05, 0) is 49.4 Å². The number of para-hydroxylation sites is 1. The van der Waals surface area contributed by atoms with Gasteiger partial charge in [0.05, 0.1) is 10.8 Å². The summed E-state index contributed by atoms with van der Waals surface area (Å²) in [4.78, 5) is 6.83. The Hall–Kier alpha value is -1.50. The Kier molecular flexibility index (Phi) is 4.28. The number of nitrogens with zero attached hydrogens (tertiary/aromatic N) is 2. The molecule has 1 aromatic carbocycles. The van der Waals surface area contributed by atoms with Crippen LogP contribution in [0.4, 0.5) is 0 Å². The molecular weight excluding hydrogens is 322 g/mol. The molecule has 0 radical (unpaired) electrons. The van der Waals surface area contributed by atoms with Crippen LogP contribution >= 0.6 is 0 Å². The number of pyridine rings is 1. The second-order valence-corrected chi connectivity index (χ2v) is 9.02. The highest BCUT2D eigenvalue weighted by Crippen LogP contribution is 2.28. The summed E-state index contributed by atoms with van der Waals surface area (Å²) in [5.41, 5.74) is 2.32. The molecule has 1 atom stereocenters. The summed E-state index contributed by atoms with van der Waals surface area (Å²) in [5, 5.41) is 1.08. The molecule has 2 aromatic rings. The quantitative estimate of drug-likeness (QED) is 0.871. The van der Waals surface area contributed by atoms with Crippen LogP contribution in [-0.2, 0) is 16.6 Å². The van der Waals surface area contributed by atoms with Crippen LogP contribution in [0.2, 0.25) is 0 Å². The van der Waals surface area contributed by atoms with Crippen LogP contribution in [0.15, 0.2) is 36.5 Å². The fourth-order valence-corrected chi connectivity index (χ4v) is 4.95. The van der Waals surface area contributed by atoms with Gasteiger partial charge in [0.25, 0.3) is 0 Å². The minimum atomic E-state index is -3.06. The molecule has 24 heavy (non-hydrogen) atoms. The van der Waals surface area contributed by atoms with E-state index in [1.807, 2.05) is 24.4 Å². The van der Waals surface area contributed by atoms with Crippen molar-refractivity contribution in [3.05, 3.63) is 42.1 Å². The van der Waals surface area contributed by atoms with E-state index in [-0.39, 0.29) is 5.25 Å². The minimum Gasteiger partial charge on any atom is -0.299 e. The van der Waals surface area contributed by atoms with Crippen molar-refractivity contribution < 1.29 is 8.42 Å². The molecular formula is C18H23N3O2S. The highest BCUT2D eigenvalue weighted by Gasteiger charge is 2.36. The van der Waals surface area contributed by atoms with Gasteiger partial charge in [-0.25, -0.2) is 13.1 Å². The molecule has 6 heteroatoms. The summed E-state index contributed by atoms with van der Waals surface area (Å²) >= 11 is 0. The monoisotopic (exact) mass is 345 g/mol. The maximum absolute atomic E-state index is 11.9. The number of hydrogen-bond acceptors (Lipinski definition) is 4. The lowest BCUT2D eigenvalue weighted by atomic mass is 10.1. The maximum Gasteiger partial charge on any atom is 0.214 e. The molecule has 1 aliphatic heterocycles. The topological polar surface area (TPSA) is 62.3 Å². The van der Waals surface area contributed by atoms with Crippen LogP contribution in [-0.4, -0.2) is 43.2 Å². The molecule has 2 heterocycles. The fraction of sp³-hybridized carbons (Fsp3) is 0.500. The first kappa shape index (κ1) is 16.0. The van der Waals surface area contributed by atoms with Crippen LogP contribution in [0, 0.1) is 5.92 Å². The van der Waals surface area contributed by atoms with Gasteiger partial charge in [-0.2, -0.15) is 0 Å². The third kappa shape index (κ3) is 3.45. The number of benzene rings is 1. The zero-order valence-corrected chi connectivity index (χ0v) is 14.5. The van der Waals surface area contributed by atoms with E-state index in [0.29, 0.717) is 12.5 Å². The number of sulfonamides is 1. The Bertz CT molecular complexity index is 828. The van der Waals surface area contributed by atoms with Crippen molar-refractivity contribution in [2.75, 3.05) is 19.6 Å². The third-order valence-corrected chi connectivity index (χ3v) is 6.96. The molecule has 1 aromatic heterocycles. The Morgan fingerprint density at radius 2 is 2.00 bits per heavy atom. The van der Waals surface area contributed by atoms with Gasteiger partial charge < -0.3 is 0 Å². The van der Waals surface area contributed by atoms with E-state index in [2.05, 4.69) is 26.7 Å². The van der Waals surface area contributed by atoms with Crippen LogP contribution in [0.25, 0.3) is 10.9 Å². The van der Waals surface area contributed by atoms with E-state index in [0.717, 1.165) is 44.4 Å². The predicted molar refractivity (Wildman–Crippen MR) is 95.1 cm³/mol. The largest absolute Gasteiger partial charge is 0.299 e. The first-order chi connectivity index (χ1) is 11.6. The van der Waals surface area contributed by atoms with Crippen molar-refractivity contribution in [3.63, 3.8) is 0 Å². The van der Waals surface area contributed by atoms with Crippen molar-refractivity contribution in [2.45, 2.75) is 31.1 Å². The number of aromatic nitrogens is 1. The van der Waals surface area contributed by atoms with Crippen LogP contribution < -0.4 is 4.72 Å². The molecule has 1 aliphatic carbocycles. The number of hydrogen-bond donors (Lipinski definition) is 1. The van der Waals surface area contributed by atoms with Crippen molar-refractivity contribution in [3.8, 4) is 0 Å². The molecule has 0 amide bonds. The molecule has 4 rings (SSSR count). The highest BCUT2D eigenvalue weighted by atomic mass is 32.2. The van der Waals surface area contributed by atoms with E-state index in [1.165, 1.54) is 10.9 Å². The van der Waals surface area contributed by atoms with E-state index in [9.17, 15) is 8.42 Å². The zero-order valence-electron chi connectivity index (χ0n) is 13.7. The first-order valence-corrected chi connectivity index (χ1v) is 10.2. The van der Waals surface area contributed by atoms with E-state index in [1.54, 1.807) is 0 Å². The highest BCUT2D eigenvalue weighted by molar-refractivity contribution is 7.90. The Labute approximate surface area is 143 Å². The molecule has 1 saturated heterocycles. The second kappa shape index (κ2) is 6.43. The molecule has 0 unspecified atom stereocenters. The zero-order chi connectivity index (χ0) is 16.6. The second-order valence-electron chi connectivity index (χ2n) is 6.97. The summed E-state index contributed by atoms with van der Waals surface area (Å²) < 4.78 is 26.7. The third-order valence-electron chi connectivity index (χ3n) is 5.04. The van der Waals surface area contributed by atoms with E-state index >= 15 is 0 Å². The summed E-state index contributed by atoms with van der Waals surface area (Å²) in [6, 6.07) is 10.3. The fourth-order valence-electron chi connectivity index (χ4n) is 3.49. The van der Waals surface area contributed by atoms with Gasteiger partial charge in [0, 0.05) is 31.2 Å².